The van der Waals surface area contributed by atoms with Gasteiger partial charge in [0.1, 0.15) is 6.04 Å². The molecule has 0 unspecified atom stereocenters. The Morgan fingerprint density at radius 2 is 1.68 bits per heavy atom. The van der Waals surface area contributed by atoms with Crippen molar-refractivity contribution >= 4 is 17.4 Å². The van der Waals surface area contributed by atoms with Crippen molar-refractivity contribution in [3.63, 3.8) is 0 Å². The van der Waals surface area contributed by atoms with E-state index in [1.165, 1.54) is 21.6 Å². The quantitative estimate of drug-likeness (QED) is 0.390. The summed E-state index contributed by atoms with van der Waals surface area (Å²) in [5, 5.41) is 15.2. The molecule has 2 aromatic carbocycles. The number of piperazine rings is 1. The van der Waals surface area contributed by atoms with Crippen molar-refractivity contribution in [1.29, 1.82) is 0 Å². The number of hydrogen-bond donors (Lipinski definition) is 0. The Bertz CT molecular complexity index is 1200. The molecule has 1 aliphatic heterocycles. The maximum absolute atomic E-state index is 4.55. The van der Waals surface area contributed by atoms with E-state index in [-0.39, 0.29) is 6.04 Å². The highest BCUT2D eigenvalue weighted by atomic mass is 32.1. The summed E-state index contributed by atoms with van der Waals surface area (Å²) >= 11 is 1.77. The fourth-order valence-electron chi connectivity index (χ4n) is 4.69. The highest BCUT2D eigenvalue weighted by Gasteiger charge is 2.32. The first-order chi connectivity index (χ1) is 16.7. The standard InChI is InChI=1S/C27H30N6S/c1-21-9-6-10-22(2)25(21)33-27(28-29-30-33)26(24-14-8-20-34-24)32-18-16-31(17-19-32)15-7-13-23-11-4-3-5-12-23/h3-14,20,26H,15-19H2,1-2H3/t26-/m1/s1. The lowest BCUT2D eigenvalue weighted by Crippen LogP contribution is -2.48. The molecule has 7 heteroatoms. The lowest BCUT2D eigenvalue weighted by atomic mass is 10.1. The van der Waals surface area contributed by atoms with Crippen LogP contribution in [0.15, 0.2) is 72.1 Å². The van der Waals surface area contributed by atoms with Gasteiger partial charge in [0.15, 0.2) is 5.82 Å². The van der Waals surface area contributed by atoms with Crippen LogP contribution in [0.5, 0.6) is 0 Å². The summed E-state index contributed by atoms with van der Waals surface area (Å²) in [5.41, 5.74) is 4.67. The Labute approximate surface area is 205 Å². The number of benzene rings is 2. The van der Waals surface area contributed by atoms with Crippen LogP contribution >= 0.6 is 11.3 Å². The van der Waals surface area contributed by atoms with Gasteiger partial charge in [-0.1, -0.05) is 66.7 Å². The topological polar surface area (TPSA) is 50.1 Å². The molecule has 1 saturated heterocycles. The van der Waals surface area contributed by atoms with E-state index in [1.54, 1.807) is 11.3 Å². The number of aryl methyl sites for hydroxylation is 2. The van der Waals surface area contributed by atoms with Gasteiger partial charge in [-0.05, 0) is 52.4 Å². The first kappa shape index (κ1) is 22.7. The molecule has 0 spiro atoms. The zero-order valence-corrected chi connectivity index (χ0v) is 20.5. The Morgan fingerprint density at radius 3 is 2.38 bits per heavy atom. The minimum Gasteiger partial charge on any atom is -0.297 e. The van der Waals surface area contributed by atoms with Crippen LogP contribution in [-0.2, 0) is 0 Å². The zero-order valence-electron chi connectivity index (χ0n) is 19.7. The third kappa shape index (κ3) is 4.87. The zero-order chi connectivity index (χ0) is 23.3. The van der Waals surface area contributed by atoms with Crippen LogP contribution in [0.2, 0.25) is 0 Å². The van der Waals surface area contributed by atoms with Crippen LogP contribution in [0.3, 0.4) is 0 Å². The molecule has 0 aliphatic carbocycles. The van der Waals surface area contributed by atoms with Crippen LogP contribution in [0, 0.1) is 13.8 Å². The van der Waals surface area contributed by atoms with E-state index in [0.29, 0.717) is 0 Å². The van der Waals surface area contributed by atoms with Gasteiger partial charge in [0.05, 0.1) is 5.69 Å². The van der Waals surface area contributed by atoms with Gasteiger partial charge in [-0.3, -0.25) is 9.80 Å². The number of para-hydroxylation sites is 1. The average molecular weight is 471 g/mol. The second kappa shape index (κ2) is 10.4. The van der Waals surface area contributed by atoms with Crippen molar-refractivity contribution in [2.24, 2.45) is 0 Å². The minimum atomic E-state index is 0.0380. The molecule has 0 N–H and O–H groups in total. The molecule has 1 aliphatic rings. The van der Waals surface area contributed by atoms with Gasteiger partial charge in [0.2, 0.25) is 0 Å². The van der Waals surface area contributed by atoms with Crippen LogP contribution in [0.4, 0.5) is 0 Å². The van der Waals surface area contributed by atoms with E-state index in [4.69, 9.17) is 0 Å². The van der Waals surface area contributed by atoms with Gasteiger partial charge in [0, 0.05) is 37.6 Å². The van der Waals surface area contributed by atoms with Gasteiger partial charge >= 0.3 is 0 Å². The fraction of sp³-hybridized carbons (Fsp3) is 0.296. The third-order valence-electron chi connectivity index (χ3n) is 6.45. The second-order valence-corrected chi connectivity index (χ2v) is 9.74. The van der Waals surface area contributed by atoms with Crippen LogP contribution in [0.25, 0.3) is 11.8 Å². The molecule has 4 aromatic rings. The molecule has 0 bridgehead atoms. The number of aromatic nitrogens is 4. The summed E-state index contributed by atoms with van der Waals surface area (Å²) in [6.45, 7) is 9.19. The Kier molecular flexibility index (Phi) is 6.94. The molecular formula is C27H30N6S. The lowest BCUT2D eigenvalue weighted by molar-refractivity contribution is 0.115. The molecule has 0 saturated carbocycles. The Morgan fingerprint density at radius 1 is 0.912 bits per heavy atom. The van der Waals surface area contributed by atoms with E-state index in [0.717, 1.165) is 44.2 Å². The highest BCUT2D eigenvalue weighted by molar-refractivity contribution is 7.10. The van der Waals surface area contributed by atoms with Gasteiger partial charge in [-0.2, -0.15) is 4.68 Å². The molecule has 6 nitrogen and oxygen atoms in total. The molecular weight excluding hydrogens is 440 g/mol. The van der Waals surface area contributed by atoms with Crippen molar-refractivity contribution in [1.82, 2.24) is 30.0 Å². The summed E-state index contributed by atoms with van der Waals surface area (Å²) in [6, 6.07) is 21.2. The Hall–Kier alpha value is -3.13. The molecule has 5 rings (SSSR count). The predicted molar refractivity (Wildman–Crippen MR) is 138 cm³/mol. The van der Waals surface area contributed by atoms with Crippen molar-refractivity contribution in [3.05, 3.63) is 99.5 Å². The van der Waals surface area contributed by atoms with Crippen LogP contribution < -0.4 is 0 Å². The number of hydrogen-bond acceptors (Lipinski definition) is 6. The number of nitrogens with zero attached hydrogens (tertiary/aromatic N) is 6. The van der Waals surface area contributed by atoms with Crippen LogP contribution in [-0.4, -0.2) is 62.7 Å². The number of rotatable bonds is 7. The maximum atomic E-state index is 4.55. The SMILES string of the molecule is Cc1cccc(C)c1-n1nnnc1[C@@H](c1cccs1)N1CCN(CC=Cc2ccccc2)CC1. The molecule has 0 radical (unpaired) electrons. The summed E-state index contributed by atoms with van der Waals surface area (Å²) < 4.78 is 1.95. The monoisotopic (exact) mass is 470 g/mol. The van der Waals surface area contributed by atoms with E-state index in [1.807, 2.05) is 4.68 Å². The molecule has 1 atom stereocenters. The summed E-state index contributed by atoms with van der Waals surface area (Å²) in [4.78, 5) is 6.31. The van der Waals surface area contributed by atoms with E-state index in [2.05, 4.69) is 117 Å². The molecule has 34 heavy (non-hydrogen) atoms. The van der Waals surface area contributed by atoms with Gasteiger partial charge < -0.3 is 0 Å². The molecule has 2 aromatic heterocycles. The predicted octanol–water partition coefficient (Wildman–Crippen LogP) is 4.76. The molecule has 1 fully saturated rings. The molecule has 0 amide bonds. The minimum absolute atomic E-state index is 0.0380. The highest BCUT2D eigenvalue weighted by Crippen LogP contribution is 2.33. The smallest absolute Gasteiger partial charge is 0.179 e. The van der Waals surface area contributed by atoms with E-state index < -0.39 is 0 Å². The summed E-state index contributed by atoms with van der Waals surface area (Å²) in [5.74, 6) is 0.886. The maximum Gasteiger partial charge on any atom is 0.179 e. The largest absolute Gasteiger partial charge is 0.297 e. The molecule has 174 valence electrons. The van der Waals surface area contributed by atoms with Crippen LogP contribution in [0.1, 0.15) is 33.4 Å². The normalized spacial score (nSPS) is 16.3. The number of tetrazole rings is 1. The van der Waals surface area contributed by atoms with E-state index in [9.17, 15) is 0 Å². The summed E-state index contributed by atoms with van der Waals surface area (Å²) in [7, 11) is 0. The second-order valence-electron chi connectivity index (χ2n) is 8.76. The lowest BCUT2D eigenvalue weighted by Gasteiger charge is -2.38. The molecule has 3 heterocycles. The fourth-order valence-corrected chi connectivity index (χ4v) is 5.54. The summed E-state index contributed by atoms with van der Waals surface area (Å²) in [6.07, 6.45) is 4.47. The van der Waals surface area contributed by atoms with Gasteiger partial charge in [-0.15, -0.1) is 16.4 Å². The van der Waals surface area contributed by atoms with Crippen molar-refractivity contribution in [3.8, 4) is 5.69 Å². The Balaban J connectivity index is 1.35. The number of thiophene rings is 1. The first-order valence-electron chi connectivity index (χ1n) is 11.8. The van der Waals surface area contributed by atoms with Crippen molar-refractivity contribution < 1.29 is 0 Å². The van der Waals surface area contributed by atoms with Crippen molar-refractivity contribution in [2.45, 2.75) is 19.9 Å². The third-order valence-corrected chi connectivity index (χ3v) is 7.37. The van der Waals surface area contributed by atoms with Gasteiger partial charge in [0.25, 0.3) is 0 Å². The average Bonchev–Trinajstić information content (AvgIpc) is 3.55. The van der Waals surface area contributed by atoms with Crippen molar-refractivity contribution in [2.75, 3.05) is 32.7 Å². The van der Waals surface area contributed by atoms with Gasteiger partial charge in [-0.25, -0.2) is 0 Å². The first-order valence-corrected chi connectivity index (χ1v) is 12.6. The van der Waals surface area contributed by atoms with E-state index >= 15 is 0 Å².